The summed E-state index contributed by atoms with van der Waals surface area (Å²) in [6.45, 7) is 4.70. The standard InChI is InChI=1S/C14H20N2O3/c1-3-16(8-6-13(17)15-11-4-5-11)14(18)12-7-9-19-10(12)2/h7,9,11H,3-6,8H2,1-2H3,(H,15,17). The van der Waals surface area contributed by atoms with Crippen LogP contribution in [0.1, 0.15) is 42.3 Å². The molecule has 0 radical (unpaired) electrons. The maximum Gasteiger partial charge on any atom is 0.257 e. The number of aryl methyl sites for hydroxylation is 1. The van der Waals surface area contributed by atoms with E-state index in [0.29, 0.717) is 36.9 Å². The Morgan fingerprint density at radius 2 is 2.21 bits per heavy atom. The maximum atomic E-state index is 12.2. The van der Waals surface area contributed by atoms with Crippen molar-refractivity contribution in [3.05, 3.63) is 23.7 Å². The van der Waals surface area contributed by atoms with Crippen molar-refractivity contribution in [1.82, 2.24) is 10.2 Å². The van der Waals surface area contributed by atoms with Gasteiger partial charge in [0.15, 0.2) is 0 Å². The van der Waals surface area contributed by atoms with Gasteiger partial charge in [-0.05, 0) is 32.8 Å². The number of nitrogens with one attached hydrogen (secondary N) is 1. The van der Waals surface area contributed by atoms with Gasteiger partial charge in [-0.3, -0.25) is 9.59 Å². The van der Waals surface area contributed by atoms with Gasteiger partial charge in [-0.15, -0.1) is 0 Å². The Morgan fingerprint density at radius 1 is 1.47 bits per heavy atom. The van der Waals surface area contributed by atoms with Crippen molar-refractivity contribution in [3.8, 4) is 0 Å². The molecule has 0 bridgehead atoms. The summed E-state index contributed by atoms with van der Waals surface area (Å²) in [5, 5.41) is 2.92. The maximum absolute atomic E-state index is 12.2. The van der Waals surface area contributed by atoms with Crippen molar-refractivity contribution in [2.45, 2.75) is 39.2 Å². The third-order valence-corrected chi connectivity index (χ3v) is 3.31. The van der Waals surface area contributed by atoms with Gasteiger partial charge < -0.3 is 14.6 Å². The Kier molecular flexibility index (Phi) is 4.24. The zero-order valence-electron chi connectivity index (χ0n) is 11.4. The second-order valence-corrected chi connectivity index (χ2v) is 4.87. The molecule has 5 nitrogen and oxygen atoms in total. The van der Waals surface area contributed by atoms with Gasteiger partial charge in [0.25, 0.3) is 5.91 Å². The van der Waals surface area contributed by atoms with Crippen molar-refractivity contribution in [2.24, 2.45) is 0 Å². The smallest absolute Gasteiger partial charge is 0.257 e. The lowest BCUT2D eigenvalue weighted by atomic mass is 10.2. The first-order valence-electron chi connectivity index (χ1n) is 6.74. The quantitative estimate of drug-likeness (QED) is 0.851. The first kappa shape index (κ1) is 13.6. The zero-order valence-corrected chi connectivity index (χ0v) is 11.4. The summed E-state index contributed by atoms with van der Waals surface area (Å²) in [7, 11) is 0. The monoisotopic (exact) mass is 264 g/mol. The molecule has 1 aromatic rings. The van der Waals surface area contributed by atoms with Crippen LogP contribution in [0.3, 0.4) is 0 Å². The molecule has 5 heteroatoms. The predicted octanol–water partition coefficient (Wildman–Crippen LogP) is 1.72. The largest absolute Gasteiger partial charge is 0.469 e. The molecule has 1 saturated carbocycles. The van der Waals surface area contributed by atoms with E-state index < -0.39 is 0 Å². The third-order valence-electron chi connectivity index (χ3n) is 3.31. The lowest BCUT2D eigenvalue weighted by Gasteiger charge is -2.20. The molecule has 1 N–H and O–H groups in total. The normalized spacial score (nSPS) is 14.2. The molecule has 0 saturated heterocycles. The Morgan fingerprint density at radius 3 is 2.74 bits per heavy atom. The van der Waals surface area contributed by atoms with E-state index in [2.05, 4.69) is 5.32 Å². The van der Waals surface area contributed by atoms with Crippen LogP contribution in [0.5, 0.6) is 0 Å². The van der Waals surface area contributed by atoms with Gasteiger partial charge in [-0.2, -0.15) is 0 Å². The number of hydrogen-bond donors (Lipinski definition) is 1. The fourth-order valence-corrected chi connectivity index (χ4v) is 1.94. The van der Waals surface area contributed by atoms with E-state index in [1.807, 2.05) is 6.92 Å². The molecule has 0 aromatic carbocycles. The summed E-state index contributed by atoms with van der Waals surface area (Å²) in [6.07, 6.45) is 4.02. The SMILES string of the molecule is CCN(CCC(=O)NC1CC1)C(=O)c1ccoc1C. The number of furan rings is 1. The van der Waals surface area contributed by atoms with Crippen molar-refractivity contribution < 1.29 is 14.0 Å². The van der Waals surface area contributed by atoms with Crippen LogP contribution < -0.4 is 5.32 Å². The molecule has 2 rings (SSSR count). The fraction of sp³-hybridized carbons (Fsp3) is 0.571. The van der Waals surface area contributed by atoms with E-state index in [0.717, 1.165) is 12.8 Å². The van der Waals surface area contributed by atoms with Gasteiger partial charge in [0, 0.05) is 25.6 Å². The number of rotatable bonds is 6. The first-order valence-corrected chi connectivity index (χ1v) is 6.74. The average molecular weight is 264 g/mol. The van der Waals surface area contributed by atoms with Crippen LogP contribution >= 0.6 is 0 Å². The Bertz CT molecular complexity index is 463. The molecule has 0 atom stereocenters. The molecule has 1 aliphatic rings. The highest BCUT2D eigenvalue weighted by Gasteiger charge is 2.24. The summed E-state index contributed by atoms with van der Waals surface area (Å²) in [5.74, 6) is 0.566. The lowest BCUT2D eigenvalue weighted by molar-refractivity contribution is -0.121. The molecule has 0 aliphatic heterocycles. The molecule has 1 fully saturated rings. The minimum Gasteiger partial charge on any atom is -0.469 e. The van der Waals surface area contributed by atoms with Gasteiger partial charge in [0.2, 0.25) is 5.91 Å². The highest BCUT2D eigenvalue weighted by molar-refractivity contribution is 5.95. The Hall–Kier alpha value is -1.78. The van der Waals surface area contributed by atoms with Crippen molar-refractivity contribution in [1.29, 1.82) is 0 Å². The second-order valence-electron chi connectivity index (χ2n) is 4.87. The second kappa shape index (κ2) is 5.91. The topological polar surface area (TPSA) is 62.6 Å². The minimum absolute atomic E-state index is 0.0256. The minimum atomic E-state index is -0.0760. The van der Waals surface area contributed by atoms with Crippen molar-refractivity contribution >= 4 is 11.8 Å². The first-order chi connectivity index (χ1) is 9.11. The van der Waals surface area contributed by atoms with Gasteiger partial charge in [-0.25, -0.2) is 0 Å². The molecule has 1 aliphatic carbocycles. The molecule has 1 aromatic heterocycles. The van der Waals surface area contributed by atoms with Gasteiger partial charge in [0.1, 0.15) is 5.76 Å². The zero-order chi connectivity index (χ0) is 13.8. The van der Waals surface area contributed by atoms with E-state index in [4.69, 9.17) is 4.42 Å². The van der Waals surface area contributed by atoms with Crippen LogP contribution in [-0.4, -0.2) is 35.8 Å². The lowest BCUT2D eigenvalue weighted by Crippen LogP contribution is -2.35. The van der Waals surface area contributed by atoms with Gasteiger partial charge in [-0.1, -0.05) is 0 Å². The van der Waals surface area contributed by atoms with Crippen molar-refractivity contribution in [3.63, 3.8) is 0 Å². The number of amides is 2. The molecule has 19 heavy (non-hydrogen) atoms. The van der Waals surface area contributed by atoms with Crippen LogP contribution in [0.15, 0.2) is 16.7 Å². The van der Waals surface area contributed by atoms with E-state index >= 15 is 0 Å². The highest BCUT2D eigenvalue weighted by Crippen LogP contribution is 2.18. The van der Waals surface area contributed by atoms with Gasteiger partial charge >= 0.3 is 0 Å². The van der Waals surface area contributed by atoms with Crippen LogP contribution in [0, 0.1) is 6.92 Å². The van der Waals surface area contributed by atoms with Crippen LogP contribution in [-0.2, 0) is 4.79 Å². The number of nitrogens with zero attached hydrogens (tertiary/aromatic N) is 1. The third kappa shape index (κ3) is 3.59. The number of carbonyl (C=O) groups excluding carboxylic acids is 2. The van der Waals surface area contributed by atoms with Crippen LogP contribution in [0.25, 0.3) is 0 Å². The van der Waals surface area contributed by atoms with E-state index in [1.54, 1.807) is 17.9 Å². The summed E-state index contributed by atoms with van der Waals surface area (Å²) in [6, 6.07) is 2.04. The highest BCUT2D eigenvalue weighted by atomic mass is 16.3. The molecule has 1 heterocycles. The molecule has 0 spiro atoms. The number of carbonyl (C=O) groups is 2. The molecule has 104 valence electrons. The average Bonchev–Trinajstić information content (AvgIpc) is 3.09. The molecule has 0 unspecified atom stereocenters. The predicted molar refractivity (Wildman–Crippen MR) is 70.8 cm³/mol. The van der Waals surface area contributed by atoms with Gasteiger partial charge in [0.05, 0.1) is 11.8 Å². The molecular formula is C14H20N2O3. The summed E-state index contributed by atoms with van der Waals surface area (Å²) in [4.78, 5) is 25.5. The van der Waals surface area contributed by atoms with E-state index in [-0.39, 0.29) is 11.8 Å². The van der Waals surface area contributed by atoms with Crippen LogP contribution in [0.4, 0.5) is 0 Å². The summed E-state index contributed by atoms with van der Waals surface area (Å²) >= 11 is 0. The molecule has 2 amide bonds. The Balaban J connectivity index is 1.86. The summed E-state index contributed by atoms with van der Waals surface area (Å²) in [5.41, 5.74) is 0.574. The van der Waals surface area contributed by atoms with Crippen molar-refractivity contribution in [2.75, 3.05) is 13.1 Å². The fourth-order valence-electron chi connectivity index (χ4n) is 1.94. The van der Waals surface area contributed by atoms with Crippen LogP contribution in [0.2, 0.25) is 0 Å². The Labute approximate surface area is 113 Å². The molecular weight excluding hydrogens is 244 g/mol. The summed E-state index contributed by atoms with van der Waals surface area (Å²) < 4.78 is 5.14. The van der Waals surface area contributed by atoms with E-state index in [1.165, 1.54) is 6.26 Å². The number of hydrogen-bond acceptors (Lipinski definition) is 3. The van der Waals surface area contributed by atoms with E-state index in [9.17, 15) is 9.59 Å².